The van der Waals surface area contributed by atoms with Crippen LogP contribution in [0.15, 0.2) is 30.3 Å². The highest BCUT2D eigenvalue weighted by Crippen LogP contribution is 2.39. The van der Waals surface area contributed by atoms with Crippen molar-refractivity contribution in [3.8, 4) is 0 Å². The van der Waals surface area contributed by atoms with Gasteiger partial charge in [-0.2, -0.15) is 0 Å². The molecule has 24 heavy (non-hydrogen) atoms. The van der Waals surface area contributed by atoms with Crippen LogP contribution in [0.1, 0.15) is 52.2 Å². The summed E-state index contributed by atoms with van der Waals surface area (Å²) in [6.45, 7) is 13.1. The van der Waals surface area contributed by atoms with E-state index in [1.165, 1.54) is 0 Å². The van der Waals surface area contributed by atoms with E-state index in [9.17, 15) is 5.11 Å². The first-order valence-corrected chi connectivity index (χ1v) is 11.7. The lowest BCUT2D eigenvalue weighted by Gasteiger charge is -2.42. The minimum absolute atomic E-state index is 0.0254. The molecular formula is C19H32O4Si. The van der Waals surface area contributed by atoms with Gasteiger partial charge < -0.3 is 19.0 Å². The van der Waals surface area contributed by atoms with Gasteiger partial charge in [-0.05, 0) is 30.6 Å². The predicted octanol–water partition coefficient (Wildman–Crippen LogP) is 4.61. The Bertz CT molecular complexity index is 512. The average Bonchev–Trinajstić information content (AvgIpc) is 2.45. The third-order valence-corrected chi connectivity index (χ3v) is 9.66. The van der Waals surface area contributed by atoms with E-state index in [1.54, 1.807) is 0 Å². The van der Waals surface area contributed by atoms with Crippen LogP contribution >= 0.6 is 0 Å². The molecule has 0 saturated carbocycles. The molecule has 1 heterocycles. The molecular weight excluding hydrogens is 320 g/mol. The van der Waals surface area contributed by atoms with Crippen LogP contribution in [-0.2, 0) is 13.9 Å². The van der Waals surface area contributed by atoms with Crippen molar-refractivity contribution >= 4 is 8.32 Å². The van der Waals surface area contributed by atoms with Gasteiger partial charge in [-0.1, -0.05) is 51.1 Å². The van der Waals surface area contributed by atoms with E-state index in [0.717, 1.165) is 5.56 Å². The molecule has 1 fully saturated rings. The summed E-state index contributed by atoms with van der Waals surface area (Å²) in [6.07, 6.45) is -0.231. The SMILES string of the molecule is C[C@@H](O[C@@H]1C[C@H](O[Si](C)(C)C(C)(C)C)C[C@@H](O)O1)c1ccccc1. The maximum atomic E-state index is 10.1. The normalized spacial score (nSPS) is 27.0. The van der Waals surface area contributed by atoms with E-state index in [2.05, 4.69) is 33.9 Å². The van der Waals surface area contributed by atoms with Gasteiger partial charge in [-0.3, -0.25) is 0 Å². The Balaban J connectivity index is 1.98. The maximum absolute atomic E-state index is 10.1. The van der Waals surface area contributed by atoms with E-state index >= 15 is 0 Å². The molecule has 0 bridgehead atoms. The molecule has 0 unspecified atom stereocenters. The van der Waals surface area contributed by atoms with Crippen molar-refractivity contribution in [3.05, 3.63) is 35.9 Å². The summed E-state index contributed by atoms with van der Waals surface area (Å²) in [5.41, 5.74) is 1.10. The molecule has 1 aromatic carbocycles. The van der Waals surface area contributed by atoms with Gasteiger partial charge in [0.25, 0.3) is 0 Å². The van der Waals surface area contributed by atoms with Gasteiger partial charge in [0.05, 0.1) is 12.2 Å². The zero-order valence-corrected chi connectivity index (χ0v) is 16.8. The van der Waals surface area contributed by atoms with Crippen molar-refractivity contribution in [2.75, 3.05) is 0 Å². The zero-order valence-electron chi connectivity index (χ0n) is 15.8. The first-order chi connectivity index (χ1) is 11.1. The molecule has 4 atom stereocenters. The maximum Gasteiger partial charge on any atom is 0.192 e. The summed E-state index contributed by atoms with van der Waals surface area (Å²) in [6, 6.07) is 10.0. The molecule has 4 nitrogen and oxygen atoms in total. The average molecular weight is 353 g/mol. The lowest BCUT2D eigenvalue weighted by atomic mass is 10.1. The van der Waals surface area contributed by atoms with Gasteiger partial charge in [-0.15, -0.1) is 0 Å². The summed E-state index contributed by atoms with van der Waals surface area (Å²) < 4.78 is 18.1. The van der Waals surface area contributed by atoms with Gasteiger partial charge in [0.2, 0.25) is 0 Å². The Morgan fingerprint density at radius 2 is 1.79 bits per heavy atom. The van der Waals surface area contributed by atoms with E-state index in [1.807, 2.05) is 37.3 Å². The van der Waals surface area contributed by atoms with Crippen molar-refractivity contribution in [1.82, 2.24) is 0 Å². The van der Waals surface area contributed by atoms with Gasteiger partial charge in [0, 0.05) is 12.8 Å². The third kappa shape index (κ3) is 5.13. The third-order valence-electron chi connectivity index (χ3n) is 5.12. The molecule has 1 aliphatic rings. The van der Waals surface area contributed by atoms with Crippen LogP contribution in [0.25, 0.3) is 0 Å². The molecule has 0 aromatic heterocycles. The Morgan fingerprint density at radius 3 is 2.38 bits per heavy atom. The van der Waals surface area contributed by atoms with Crippen molar-refractivity contribution in [2.45, 2.75) is 83.5 Å². The van der Waals surface area contributed by atoms with Crippen molar-refractivity contribution in [3.63, 3.8) is 0 Å². The predicted molar refractivity (Wildman–Crippen MR) is 98.1 cm³/mol. The second kappa shape index (κ2) is 7.66. The molecule has 2 rings (SSSR count). The molecule has 0 spiro atoms. The number of benzene rings is 1. The van der Waals surface area contributed by atoms with Crippen LogP contribution in [0.2, 0.25) is 18.1 Å². The molecule has 1 aliphatic heterocycles. The van der Waals surface area contributed by atoms with Crippen molar-refractivity contribution < 1.29 is 19.0 Å². The van der Waals surface area contributed by atoms with Crippen LogP contribution in [0.5, 0.6) is 0 Å². The smallest absolute Gasteiger partial charge is 0.192 e. The number of aliphatic hydroxyl groups is 1. The number of rotatable bonds is 5. The summed E-state index contributed by atoms with van der Waals surface area (Å²) in [5.74, 6) is 0. The van der Waals surface area contributed by atoms with Crippen LogP contribution in [-0.4, -0.2) is 32.1 Å². The highest BCUT2D eigenvalue weighted by molar-refractivity contribution is 6.74. The second-order valence-corrected chi connectivity index (χ2v) is 12.9. The number of aliphatic hydroxyl groups excluding tert-OH is 1. The Kier molecular flexibility index (Phi) is 6.26. The van der Waals surface area contributed by atoms with Crippen molar-refractivity contribution in [2.24, 2.45) is 0 Å². The van der Waals surface area contributed by atoms with E-state index < -0.39 is 20.9 Å². The van der Waals surface area contributed by atoms with Crippen LogP contribution in [0.4, 0.5) is 0 Å². The zero-order chi connectivity index (χ0) is 18.0. The monoisotopic (exact) mass is 352 g/mol. The molecule has 1 N–H and O–H groups in total. The molecule has 0 amide bonds. The Labute approximate surface area is 147 Å². The van der Waals surface area contributed by atoms with E-state index in [0.29, 0.717) is 12.8 Å². The lowest BCUT2D eigenvalue weighted by molar-refractivity contribution is -0.279. The minimum atomic E-state index is -1.88. The standard InChI is InChI=1S/C19H32O4Si/c1-14(15-10-8-7-9-11-15)21-18-13-16(12-17(20)22-18)23-24(5,6)19(2,3)4/h7-11,14,16-18,20H,12-13H2,1-6H3/t14-,16-,17+,18+/m1/s1. The quantitative estimate of drug-likeness (QED) is 0.786. The number of hydrogen-bond donors (Lipinski definition) is 1. The van der Waals surface area contributed by atoms with Crippen LogP contribution in [0, 0.1) is 0 Å². The highest BCUT2D eigenvalue weighted by atomic mass is 28.4. The first-order valence-electron chi connectivity index (χ1n) is 8.80. The second-order valence-electron chi connectivity index (χ2n) is 8.18. The van der Waals surface area contributed by atoms with Gasteiger partial charge in [0.1, 0.15) is 0 Å². The van der Waals surface area contributed by atoms with Gasteiger partial charge in [-0.25, -0.2) is 0 Å². The molecule has 0 radical (unpaired) electrons. The van der Waals surface area contributed by atoms with E-state index in [4.69, 9.17) is 13.9 Å². The minimum Gasteiger partial charge on any atom is -0.414 e. The fraction of sp³-hybridized carbons (Fsp3) is 0.684. The highest BCUT2D eigenvalue weighted by Gasteiger charge is 2.41. The number of ether oxygens (including phenoxy) is 2. The molecule has 0 aliphatic carbocycles. The van der Waals surface area contributed by atoms with Crippen LogP contribution in [0.3, 0.4) is 0 Å². The summed E-state index contributed by atoms with van der Waals surface area (Å²) >= 11 is 0. The molecule has 5 heteroatoms. The lowest BCUT2D eigenvalue weighted by Crippen LogP contribution is -2.48. The molecule has 136 valence electrons. The summed E-state index contributed by atoms with van der Waals surface area (Å²) in [4.78, 5) is 0. The van der Waals surface area contributed by atoms with Crippen LogP contribution < -0.4 is 0 Å². The fourth-order valence-electron chi connectivity index (χ4n) is 2.63. The Morgan fingerprint density at radius 1 is 1.17 bits per heavy atom. The van der Waals surface area contributed by atoms with Crippen molar-refractivity contribution in [1.29, 1.82) is 0 Å². The molecule has 1 saturated heterocycles. The van der Waals surface area contributed by atoms with E-state index in [-0.39, 0.29) is 17.2 Å². The largest absolute Gasteiger partial charge is 0.414 e. The molecule has 1 aromatic rings. The number of hydrogen-bond acceptors (Lipinski definition) is 4. The van der Waals surface area contributed by atoms with Gasteiger partial charge in [0.15, 0.2) is 20.9 Å². The van der Waals surface area contributed by atoms with Gasteiger partial charge >= 0.3 is 0 Å². The topological polar surface area (TPSA) is 47.9 Å². The Hall–Kier alpha value is -0.723. The summed E-state index contributed by atoms with van der Waals surface area (Å²) in [7, 11) is -1.88. The first kappa shape index (κ1) is 19.6. The fourth-order valence-corrected chi connectivity index (χ4v) is 4.01. The summed E-state index contributed by atoms with van der Waals surface area (Å²) in [5, 5.41) is 10.2.